The molecule has 2 aromatic carbocycles. The fraction of sp³-hybridized carbons (Fsp3) is 0.531. The van der Waals surface area contributed by atoms with E-state index < -0.39 is 17.7 Å². The Morgan fingerprint density at radius 1 is 1.03 bits per heavy atom. The number of carbonyl (C=O) groups is 2. The predicted molar refractivity (Wildman–Crippen MR) is 152 cm³/mol. The maximum atomic E-state index is 13.1. The molecule has 7 heteroatoms. The smallest absolute Gasteiger partial charge is 0.410 e. The number of nitrogens with one attached hydrogen (secondary N) is 2. The Bertz CT molecular complexity index is 1330. The first kappa shape index (κ1) is 25.9. The van der Waals surface area contributed by atoms with Crippen LogP contribution in [-0.2, 0) is 9.53 Å². The summed E-state index contributed by atoms with van der Waals surface area (Å²) in [6, 6.07) is 15.1. The lowest BCUT2D eigenvalue weighted by molar-refractivity contribution is -0.121. The van der Waals surface area contributed by atoms with Crippen LogP contribution in [0.5, 0.6) is 0 Å². The van der Waals surface area contributed by atoms with Crippen molar-refractivity contribution in [1.82, 2.24) is 14.9 Å². The lowest BCUT2D eigenvalue weighted by atomic mass is 9.51. The van der Waals surface area contributed by atoms with Gasteiger partial charge in [0.25, 0.3) is 0 Å². The Morgan fingerprint density at radius 2 is 1.69 bits per heavy atom. The van der Waals surface area contributed by atoms with Crippen LogP contribution in [0.1, 0.15) is 76.7 Å². The number of hydrogen-bond acceptors (Lipinski definition) is 4. The highest BCUT2D eigenvalue weighted by molar-refractivity contribution is 5.93. The molecule has 0 saturated heterocycles. The van der Waals surface area contributed by atoms with Gasteiger partial charge in [-0.15, -0.1) is 0 Å². The number of H-pyrrole nitrogens is 1. The zero-order valence-electron chi connectivity index (χ0n) is 23.4. The van der Waals surface area contributed by atoms with E-state index in [9.17, 15) is 9.59 Å². The number of anilines is 1. The van der Waals surface area contributed by atoms with E-state index in [1.807, 2.05) is 69.3 Å². The molecule has 4 fully saturated rings. The van der Waals surface area contributed by atoms with Gasteiger partial charge in [0.1, 0.15) is 17.5 Å². The van der Waals surface area contributed by atoms with Gasteiger partial charge in [0.05, 0.1) is 11.0 Å². The highest BCUT2D eigenvalue weighted by atomic mass is 16.6. The second-order valence-corrected chi connectivity index (χ2v) is 13.1. The van der Waals surface area contributed by atoms with E-state index in [2.05, 4.69) is 10.3 Å². The average Bonchev–Trinajstić information content (AvgIpc) is 3.28. The van der Waals surface area contributed by atoms with E-state index in [-0.39, 0.29) is 5.91 Å². The molecule has 7 rings (SSSR count). The van der Waals surface area contributed by atoms with Crippen molar-refractivity contribution in [2.24, 2.45) is 29.6 Å². The molecule has 1 atom stereocenters. The van der Waals surface area contributed by atoms with Crippen LogP contribution in [0.15, 0.2) is 48.5 Å². The summed E-state index contributed by atoms with van der Waals surface area (Å²) in [5.41, 5.74) is 2.67. The van der Waals surface area contributed by atoms with E-state index in [0.29, 0.717) is 18.2 Å². The Hall–Kier alpha value is -3.35. The van der Waals surface area contributed by atoms with Crippen LogP contribution in [0.2, 0.25) is 0 Å². The molecule has 2 N–H and O–H groups in total. The fourth-order valence-electron chi connectivity index (χ4n) is 7.67. The molecule has 4 aliphatic carbocycles. The van der Waals surface area contributed by atoms with Crippen LogP contribution in [0, 0.1) is 29.6 Å². The molecule has 0 unspecified atom stereocenters. The highest BCUT2D eigenvalue weighted by Gasteiger charge is 2.48. The summed E-state index contributed by atoms with van der Waals surface area (Å²) in [5, 5.41) is 3.15. The Balaban J connectivity index is 1.20. The fourth-order valence-corrected chi connectivity index (χ4v) is 7.67. The topological polar surface area (TPSA) is 87.3 Å². The molecule has 0 aliphatic heterocycles. The number of nitrogens with zero attached hydrogens (tertiary/aromatic N) is 2. The lowest BCUT2D eigenvalue weighted by Gasteiger charge is -2.54. The molecule has 39 heavy (non-hydrogen) atoms. The minimum Gasteiger partial charge on any atom is -0.444 e. The van der Waals surface area contributed by atoms with Gasteiger partial charge in [-0.05, 0) is 106 Å². The molecule has 3 aromatic rings. The number of amides is 2. The molecule has 4 bridgehead atoms. The number of imidazole rings is 1. The summed E-state index contributed by atoms with van der Waals surface area (Å²) in [6.07, 6.45) is 6.93. The lowest BCUT2D eigenvalue weighted by Crippen LogP contribution is -2.46. The number of ether oxygens (including phenoxy) is 1. The zero-order valence-corrected chi connectivity index (χ0v) is 23.4. The third-order valence-corrected chi connectivity index (χ3v) is 9.07. The largest absolute Gasteiger partial charge is 0.444 e. The first-order valence-electron chi connectivity index (χ1n) is 14.4. The summed E-state index contributed by atoms with van der Waals surface area (Å²) in [5.74, 6) is 4.58. The van der Waals surface area contributed by atoms with Crippen molar-refractivity contribution in [3.05, 3.63) is 59.9 Å². The first-order chi connectivity index (χ1) is 18.6. The van der Waals surface area contributed by atoms with Crippen molar-refractivity contribution in [3.63, 3.8) is 0 Å². The van der Waals surface area contributed by atoms with Crippen LogP contribution in [0.4, 0.5) is 10.5 Å². The third-order valence-electron chi connectivity index (χ3n) is 9.07. The first-order valence-corrected chi connectivity index (χ1v) is 14.4. The average molecular weight is 529 g/mol. The van der Waals surface area contributed by atoms with Crippen molar-refractivity contribution in [2.75, 3.05) is 12.4 Å². The normalized spacial score (nSPS) is 26.4. The predicted octanol–water partition coefficient (Wildman–Crippen LogP) is 6.92. The van der Waals surface area contributed by atoms with Crippen molar-refractivity contribution in [3.8, 4) is 0 Å². The summed E-state index contributed by atoms with van der Waals surface area (Å²) in [4.78, 5) is 36.0. The molecule has 0 spiro atoms. The van der Waals surface area contributed by atoms with Crippen molar-refractivity contribution < 1.29 is 14.3 Å². The molecule has 2 amide bonds. The van der Waals surface area contributed by atoms with Gasteiger partial charge >= 0.3 is 6.09 Å². The minimum absolute atomic E-state index is 0.106. The number of rotatable bonds is 6. The second kappa shape index (κ2) is 10.00. The number of hydrogen-bond donors (Lipinski definition) is 2. The van der Waals surface area contributed by atoms with Gasteiger partial charge in [0, 0.05) is 19.2 Å². The second-order valence-electron chi connectivity index (χ2n) is 13.1. The molecule has 0 radical (unpaired) electrons. The van der Waals surface area contributed by atoms with E-state index in [0.717, 1.165) is 46.0 Å². The summed E-state index contributed by atoms with van der Waals surface area (Å²) in [6.45, 7) is 5.57. The molecule has 4 saturated carbocycles. The Morgan fingerprint density at radius 3 is 2.33 bits per heavy atom. The molecule has 206 valence electrons. The third kappa shape index (κ3) is 5.41. The van der Waals surface area contributed by atoms with Gasteiger partial charge in [-0.1, -0.05) is 30.3 Å². The van der Waals surface area contributed by atoms with Crippen LogP contribution in [-0.4, -0.2) is 39.5 Å². The number of carbonyl (C=O) groups excluding carboxylic acids is 2. The molecular formula is C32H40N4O3. The minimum atomic E-state index is -0.607. The van der Waals surface area contributed by atoms with E-state index in [4.69, 9.17) is 9.72 Å². The van der Waals surface area contributed by atoms with Crippen LogP contribution < -0.4 is 5.32 Å². The van der Waals surface area contributed by atoms with Crippen molar-refractivity contribution in [1.29, 1.82) is 0 Å². The van der Waals surface area contributed by atoms with Gasteiger partial charge < -0.3 is 15.0 Å². The quantitative estimate of drug-likeness (QED) is 0.364. The Kier molecular flexibility index (Phi) is 6.64. The molecular weight excluding hydrogens is 488 g/mol. The van der Waals surface area contributed by atoms with Crippen LogP contribution in [0.3, 0.4) is 0 Å². The Labute approximate surface area is 230 Å². The van der Waals surface area contributed by atoms with Crippen molar-refractivity contribution in [2.45, 2.75) is 70.9 Å². The molecule has 1 aromatic heterocycles. The van der Waals surface area contributed by atoms with Gasteiger partial charge in [0.2, 0.25) is 5.91 Å². The molecule has 1 heterocycles. The maximum absolute atomic E-state index is 13.1. The summed E-state index contributed by atoms with van der Waals surface area (Å²) < 4.78 is 5.66. The van der Waals surface area contributed by atoms with E-state index >= 15 is 0 Å². The number of benzene rings is 2. The number of aromatic nitrogens is 2. The van der Waals surface area contributed by atoms with Crippen molar-refractivity contribution >= 4 is 28.7 Å². The molecule has 4 aliphatic rings. The van der Waals surface area contributed by atoms with Crippen LogP contribution in [0.25, 0.3) is 11.0 Å². The summed E-state index contributed by atoms with van der Waals surface area (Å²) >= 11 is 0. The van der Waals surface area contributed by atoms with Gasteiger partial charge in [-0.25, -0.2) is 9.78 Å². The van der Waals surface area contributed by atoms with Gasteiger partial charge in [-0.2, -0.15) is 0 Å². The molecule has 7 nitrogen and oxygen atoms in total. The monoisotopic (exact) mass is 528 g/mol. The van der Waals surface area contributed by atoms with Gasteiger partial charge in [-0.3, -0.25) is 9.69 Å². The van der Waals surface area contributed by atoms with E-state index in [1.54, 1.807) is 11.9 Å². The number of aromatic amines is 1. The highest BCUT2D eigenvalue weighted by Crippen LogP contribution is 2.57. The van der Waals surface area contributed by atoms with Crippen LogP contribution >= 0.6 is 0 Å². The SMILES string of the molecule is CN(C(=O)OC(C)(C)C)[C@H](c1ccccc1)c1nc2cc(NC(=O)CC3C4CC5CC(C4)CC3C5)ccc2[nH]1. The zero-order chi connectivity index (χ0) is 27.3. The maximum Gasteiger partial charge on any atom is 0.410 e. The number of fused-ring (bicyclic) bond motifs is 1. The standard InChI is InChI=1S/C32H40N4O3/c1-32(2,3)39-31(38)36(4)29(21-8-6-5-7-9-21)30-34-26-11-10-24(17-27(26)35-30)33-28(37)18-25-22-13-19-12-20(15-22)16-23(25)14-19/h5-11,17,19-20,22-23,25,29H,12-16,18H2,1-4H3,(H,33,37)(H,34,35)/t19?,20?,22?,23?,25?,29-/m1/s1. The van der Waals surface area contributed by atoms with Gasteiger partial charge in [0.15, 0.2) is 0 Å². The summed E-state index contributed by atoms with van der Waals surface area (Å²) in [7, 11) is 1.73. The van der Waals surface area contributed by atoms with E-state index in [1.165, 1.54) is 32.1 Å².